The summed E-state index contributed by atoms with van der Waals surface area (Å²) in [7, 11) is 2.87. The number of nitrogens with two attached hydrogens (primary N) is 1. The van der Waals surface area contributed by atoms with Crippen molar-refractivity contribution in [3.05, 3.63) is 99.3 Å². The number of ketones is 2. The Labute approximate surface area is 308 Å². The number of aliphatic hydroxyl groups is 4. The largest absolute Gasteiger partial charge is 0.508 e. The Morgan fingerprint density at radius 2 is 1.64 bits per heavy atom. The Kier molecular flexibility index (Phi) is 8.64. The molecule has 3 aromatic rings. The Morgan fingerprint density at radius 3 is 2.23 bits per heavy atom. The lowest BCUT2D eigenvalue weighted by Gasteiger charge is -2.52. The summed E-state index contributed by atoms with van der Waals surface area (Å²) in [4.78, 5) is 53.9. The van der Waals surface area contributed by atoms with Crippen LogP contribution in [0.3, 0.4) is 0 Å². The molecule has 0 heterocycles. The van der Waals surface area contributed by atoms with E-state index < -0.39 is 81.6 Å². The molecule has 0 radical (unpaired) electrons. The van der Waals surface area contributed by atoms with Gasteiger partial charge in [0.1, 0.15) is 29.4 Å². The molecule has 1 saturated carbocycles. The number of hydrogen-bond donors (Lipinski definition) is 8. The maximum atomic E-state index is 14.2. The molecule has 15 heteroatoms. The molecular weight excluding hydrogens is 705 g/mol. The molecule has 3 unspecified atom stereocenters. The third kappa shape index (κ3) is 5.30. The summed E-state index contributed by atoms with van der Waals surface area (Å²) in [5.41, 5.74) is 5.51. The Hall–Kier alpha value is -5.61. The van der Waals surface area contributed by atoms with E-state index in [1.54, 1.807) is 6.92 Å². The first-order valence-corrected chi connectivity index (χ1v) is 17.1. The number of thiocarbonyl (C=S) groups is 1. The van der Waals surface area contributed by atoms with Crippen molar-refractivity contribution in [1.29, 1.82) is 0 Å². The molecule has 1 fully saturated rings. The van der Waals surface area contributed by atoms with Crippen LogP contribution in [0.15, 0.2) is 71.5 Å². The number of aromatic hydroxyl groups is 1. The van der Waals surface area contributed by atoms with Crippen molar-refractivity contribution >= 4 is 52.3 Å². The van der Waals surface area contributed by atoms with Crippen LogP contribution in [0.25, 0.3) is 16.9 Å². The summed E-state index contributed by atoms with van der Waals surface area (Å²) in [5, 5.41) is 62.6. The lowest BCUT2D eigenvalue weighted by Crippen LogP contribution is -2.70. The molecule has 5 atom stereocenters. The van der Waals surface area contributed by atoms with E-state index in [1.165, 1.54) is 25.1 Å². The average Bonchev–Trinajstić information content (AvgIpc) is 3.42. The molecule has 3 aromatic carbocycles. The maximum absolute atomic E-state index is 14.2. The fraction of sp³-hybridized carbons (Fsp3) is 0.289. The fourth-order valence-corrected chi connectivity index (χ4v) is 8.68. The molecule has 0 saturated heterocycles. The molecule has 2 amide bonds. The number of phenols is 1. The van der Waals surface area contributed by atoms with E-state index >= 15 is 0 Å². The lowest BCUT2D eigenvalue weighted by atomic mass is 9.56. The van der Waals surface area contributed by atoms with E-state index in [-0.39, 0.29) is 35.3 Å². The van der Waals surface area contributed by atoms with Crippen LogP contribution in [-0.2, 0) is 25.5 Å². The molecule has 4 aliphatic rings. The van der Waals surface area contributed by atoms with Crippen molar-refractivity contribution in [2.45, 2.75) is 37.0 Å². The molecule has 0 bridgehead atoms. The van der Waals surface area contributed by atoms with Gasteiger partial charge in [-0.25, -0.2) is 4.79 Å². The van der Waals surface area contributed by atoms with Crippen molar-refractivity contribution in [2.24, 2.45) is 17.6 Å². The minimum atomic E-state index is -3.03. The first-order chi connectivity index (χ1) is 25.1. The summed E-state index contributed by atoms with van der Waals surface area (Å²) in [5.74, 6) is -9.41. The highest BCUT2D eigenvalue weighted by Gasteiger charge is 2.67. The normalized spacial score (nSPS) is 24.6. The molecule has 4 aliphatic carbocycles. The second kappa shape index (κ2) is 12.8. The van der Waals surface area contributed by atoms with E-state index in [0.29, 0.717) is 11.1 Å². The Bertz CT molecular complexity index is 2190. The van der Waals surface area contributed by atoms with Gasteiger partial charge in [-0.2, -0.15) is 0 Å². The van der Waals surface area contributed by atoms with Crippen molar-refractivity contribution in [1.82, 2.24) is 10.2 Å². The van der Waals surface area contributed by atoms with Crippen molar-refractivity contribution < 1.29 is 49.4 Å². The third-order valence-electron chi connectivity index (χ3n) is 10.8. The van der Waals surface area contributed by atoms with Crippen molar-refractivity contribution in [3.63, 3.8) is 0 Å². The van der Waals surface area contributed by atoms with Gasteiger partial charge in [0.2, 0.25) is 5.78 Å². The smallest absolute Gasteiger partial charge is 0.413 e. The van der Waals surface area contributed by atoms with Crippen LogP contribution in [0.2, 0.25) is 0 Å². The summed E-state index contributed by atoms with van der Waals surface area (Å²) in [6.45, 7) is 1.67. The summed E-state index contributed by atoms with van der Waals surface area (Å²) in [6.07, 6.45) is -2.69. The highest BCUT2D eigenvalue weighted by molar-refractivity contribution is 7.80. The predicted molar refractivity (Wildman–Crippen MR) is 195 cm³/mol. The van der Waals surface area contributed by atoms with E-state index in [4.69, 9.17) is 22.7 Å². The lowest BCUT2D eigenvalue weighted by molar-refractivity contribution is -0.168. The van der Waals surface area contributed by atoms with Gasteiger partial charge in [-0.15, -0.1) is 0 Å². The quantitative estimate of drug-likeness (QED) is 0.107. The number of primary amides is 1. The number of Topliss-reactive ketones (excluding diaryl/α,β-unsaturated/α-hetero) is 2. The monoisotopic (exact) mass is 740 g/mol. The summed E-state index contributed by atoms with van der Waals surface area (Å²) in [6, 6.07) is 15.8. The Balaban J connectivity index is 1.15. The molecular formula is C38H36N4O10S. The number of anilines is 1. The number of nitrogens with one attached hydrogen (secondary N) is 2. The number of likely N-dealkylation sites (N-methyl/N-ethyl adjacent to an activating group) is 1. The van der Waals surface area contributed by atoms with E-state index in [2.05, 4.69) is 10.6 Å². The maximum Gasteiger partial charge on any atom is 0.413 e. The highest BCUT2D eigenvalue weighted by Crippen LogP contribution is 2.54. The second-order valence-electron chi connectivity index (χ2n) is 13.9. The van der Waals surface area contributed by atoms with Gasteiger partial charge in [-0.3, -0.25) is 24.6 Å². The minimum absolute atomic E-state index is 0.0243. The molecule has 14 nitrogen and oxygen atoms in total. The number of nitrogens with zero attached hydrogens (tertiary/aromatic N) is 1. The number of aryl methyl sites for hydroxylation is 1. The van der Waals surface area contributed by atoms with Crippen LogP contribution in [0.1, 0.15) is 33.7 Å². The van der Waals surface area contributed by atoms with Gasteiger partial charge >= 0.3 is 6.09 Å². The van der Waals surface area contributed by atoms with Gasteiger partial charge in [-0.05, 0) is 79.1 Å². The summed E-state index contributed by atoms with van der Waals surface area (Å²) < 4.78 is 5.55. The van der Waals surface area contributed by atoms with Crippen LogP contribution >= 0.6 is 12.2 Å². The molecule has 274 valence electrons. The zero-order valence-corrected chi connectivity index (χ0v) is 29.5. The predicted octanol–water partition coefficient (Wildman–Crippen LogP) is 2.48. The topological polar surface area (TPSA) is 232 Å². The number of fused-ring (bicyclic) bond motifs is 6. The number of phenolic OH excluding ortho intramolecular Hbond substituents is 1. The molecule has 0 aromatic heterocycles. The van der Waals surface area contributed by atoms with Crippen LogP contribution in [0.4, 0.5) is 10.5 Å². The van der Waals surface area contributed by atoms with Gasteiger partial charge < -0.3 is 41.3 Å². The van der Waals surface area contributed by atoms with Crippen LogP contribution in [0.5, 0.6) is 5.75 Å². The van der Waals surface area contributed by atoms with Crippen molar-refractivity contribution in [2.75, 3.05) is 26.0 Å². The first-order valence-electron chi connectivity index (χ1n) is 16.7. The molecule has 0 aliphatic heterocycles. The van der Waals surface area contributed by atoms with Crippen LogP contribution in [-0.4, -0.2) is 97.6 Å². The Morgan fingerprint density at radius 1 is 1.04 bits per heavy atom. The van der Waals surface area contributed by atoms with Gasteiger partial charge in [0, 0.05) is 17.4 Å². The number of alkyl carbamates (subject to hydrolysis) is 1. The van der Waals surface area contributed by atoms with E-state index in [9.17, 15) is 44.7 Å². The van der Waals surface area contributed by atoms with Crippen LogP contribution < -0.4 is 16.4 Å². The van der Waals surface area contributed by atoms with Gasteiger partial charge in [-0.1, -0.05) is 48.5 Å². The molecule has 53 heavy (non-hydrogen) atoms. The van der Waals surface area contributed by atoms with E-state index in [0.717, 1.165) is 22.3 Å². The fourth-order valence-electron chi connectivity index (χ4n) is 8.49. The number of carbonyl (C=O) groups is 4. The molecule has 7 rings (SSSR count). The van der Waals surface area contributed by atoms with Gasteiger partial charge in [0.05, 0.1) is 29.3 Å². The number of ether oxygens (including phenoxy) is 1. The van der Waals surface area contributed by atoms with Gasteiger partial charge in [0.15, 0.2) is 16.5 Å². The summed E-state index contributed by atoms with van der Waals surface area (Å²) >= 11 is 5.34. The zero-order valence-electron chi connectivity index (χ0n) is 28.7. The minimum Gasteiger partial charge on any atom is -0.508 e. The van der Waals surface area contributed by atoms with Crippen LogP contribution in [0, 0.1) is 18.8 Å². The van der Waals surface area contributed by atoms with E-state index in [1.807, 2.05) is 48.5 Å². The number of amides is 2. The molecule has 0 spiro atoms. The number of aliphatic hydroxyl groups excluding tert-OH is 3. The van der Waals surface area contributed by atoms with Gasteiger partial charge in [0.25, 0.3) is 5.91 Å². The zero-order chi connectivity index (χ0) is 38.3. The number of benzene rings is 3. The number of carbonyl (C=O) groups excluding carboxylic acids is 4. The number of hydrogen-bond acceptors (Lipinski definition) is 12. The highest BCUT2D eigenvalue weighted by atomic mass is 32.1. The van der Waals surface area contributed by atoms with Crippen molar-refractivity contribution in [3.8, 4) is 16.9 Å². The molecule has 9 N–H and O–H groups in total. The second-order valence-corrected chi connectivity index (χ2v) is 14.3. The average molecular weight is 741 g/mol. The third-order valence-corrected chi connectivity index (χ3v) is 11.0. The number of rotatable bonds is 5. The first kappa shape index (κ1) is 35.8. The SMILES string of the molecule is Cc1cc(NC(=S)NC(=O)OCC2c3ccccc3-c3ccccc32)c(O)c2c1CC1C(=C2O)C(=O)[C@]2(O)C(O)=C(C(N)=O)C(=O)[C@@H](N(C)C)C2C1O. The standard InChI is InChI=1S/C38H36N4O10S/c1-15-12-23(40-36(53)41-37(50)52-14-22-18-10-6-4-8-16(18)17-9-5-7-11-19(17)22)30(44)24-20(15)13-21-25(31(24)45)33(47)38(51)27(29(21)43)28(42(2)3)32(46)26(34(38)48)35(39)49/h4-12,21-22,27-29,43-45,48,51H,13-14H2,1-3H3,(H2,39,49)(H2,40,41,50,53)/t21?,27?,28-,29?,38-/m0/s1.